The molecule has 0 saturated carbocycles. The molecule has 5 nitrogen and oxygen atoms in total. The second-order valence-corrected chi connectivity index (χ2v) is 9.26. The van der Waals surface area contributed by atoms with E-state index >= 15 is 0 Å². The van der Waals surface area contributed by atoms with Gasteiger partial charge in [0.25, 0.3) is 5.56 Å². The predicted octanol–water partition coefficient (Wildman–Crippen LogP) is 4.88. The number of thioether (sulfide) groups is 1. The van der Waals surface area contributed by atoms with Crippen molar-refractivity contribution < 1.29 is 9.18 Å². The van der Waals surface area contributed by atoms with Crippen molar-refractivity contribution >= 4 is 56.5 Å². The van der Waals surface area contributed by atoms with Crippen molar-refractivity contribution in [1.82, 2.24) is 9.55 Å². The fourth-order valence-corrected chi connectivity index (χ4v) is 5.84. The molecule has 2 heterocycles. The maximum Gasteiger partial charge on any atom is 0.263 e. The highest BCUT2D eigenvalue weighted by Crippen LogP contribution is 2.34. The molecule has 0 atom stereocenters. The van der Waals surface area contributed by atoms with Crippen molar-refractivity contribution in [2.75, 3.05) is 11.1 Å². The van der Waals surface area contributed by atoms with E-state index in [9.17, 15) is 14.0 Å². The summed E-state index contributed by atoms with van der Waals surface area (Å²) in [7, 11) is 0. The Hall–Kier alpha value is -1.90. The van der Waals surface area contributed by atoms with Gasteiger partial charge in [0.05, 0.1) is 16.8 Å². The first-order chi connectivity index (χ1) is 14.0. The van der Waals surface area contributed by atoms with Crippen LogP contribution >= 0.6 is 34.7 Å². The number of anilines is 1. The van der Waals surface area contributed by atoms with Gasteiger partial charge >= 0.3 is 0 Å². The smallest absolute Gasteiger partial charge is 0.263 e. The average Bonchev–Trinajstić information content (AvgIpc) is 3.07. The molecule has 0 radical (unpaired) electrons. The van der Waals surface area contributed by atoms with Crippen LogP contribution in [0.4, 0.5) is 10.1 Å². The summed E-state index contributed by atoms with van der Waals surface area (Å²) in [5.41, 5.74) is 1.19. The van der Waals surface area contributed by atoms with E-state index in [0.29, 0.717) is 11.7 Å². The number of halogens is 2. The number of nitrogens with zero attached hydrogens (tertiary/aromatic N) is 2. The van der Waals surface area contributed by atoms with Crippen molar-refractivity contribution in [2.45, 2.75) is 44.3 Å². The zero-order valence-corrected chi connectivity index (χ0v) is 18.1. The van der Waals surface area contributed by atoms with Gasteiger partial charge in [0.2, 0.25) is 5.91 Å². The number of hydrogen-bond acceptors (Lipinski definition) is 5. The maximum atomic E-state index is 13.9. The first-order valence-corrected chi connectivity index (χ1v) is 11.6. The summed E-state index contributed by atoms with van der Waals surface area (Å²) in [5.74, 6) is -0.950. The number of aryl methyl sites for hydroxylation is 2. The summed E-state index contributed by atoms with van der Waals surface area (Å²) < 4.78 is 15.5. The maximum absolute atomic E-state index is 13.9. The number of carbonyl (C=O) groups is 1. The summed E-state index contributed by atoms with van der Waals surface area (Å²) >= 11 is 8.50. The Balaban J connectivity index is 1.57. The van der Waals surface area contributed by atoms with Gasteiger partial charge in [-0.2, -0.15) is 0 Å². The first-order valence-electron chi connectivity index (χ1n) is 9.40. The zero-order chi connectivity index (χ0) is 20.5. The van der Waals surface area contributed by atoms with Crippen LogP contribution < -0.4 is 10.9 Å². The summed E-state index contributed by atoms with van der Waals surface area (Å²) in [6, 6.07) is 4.08. The van der Waals surface area contributed by atoms with Crippen LogP contribution in [-0.2, 0) is 24.2 Å². The number of thiophene rings is 1. The number of hydrogen-bond donors (Lipinski definition) is 1. The second-order valence-electron chi connectivity index (χ2n) is 6.80. The summed E-state index contributed by atoms with van der Waals surface area (Å²) in [4.78, 5) is 32.1. The Morgan fingerprint density at radius 2 is 2.17 bits per heavy atom. The number of carbonyl (C=O) groups excluding carboxylic acids is 1. The predicted molar refractivity (Wildman–Crippen MR) is 117 cm³/mol. The lowest BCUT2D eigenvalue weighted by Gasteiger charge is -2.12. The van der Waals surface area contributed by atoms with Crippen LogP contribution in [0.3, 0.4) is 0 Å². The first kappa shape index (κ1) is 20.4. The van der Waals surface area contributed by atoms with E-state index in [0.717, 1.165) is 47.5 Å². The lowest BCUT2D eigenvalue weighted by atomic mass is 9.97. The van der Waals surface area contributed by atoms with Crippen LogP contribution in [0.2, 0.25) is 5.02 Å². The molecule has 152 valence electrons. The molecule has 1 aliphatic rings. The summed E-state index contributed by atoms with van der Waals surface area (Å²) in [6.07, 6.45) is 4.17. The monoisotopic (exact) mass is 451 g/mol. The third-order valence-electron chi connectivity index (χ3n) is 4.89. The van der Waals surface area contributed by atoms with Gasteiger partial charge in [-0.25, -0.2) is 9.37 Å². The molecule has 4 rings (SSSR count). The molecule has 1 amide bonds. The SMILES string of the molecule is CCn1c(SCC(=O)Nc2ccc(Cl)cc2F)nc2sc3c(c2c1=O)CCCC3. The molecule has 1 N–H and O–H groups in total. The number of nitrogens with one attached hydrogen (secondary N) is 1. The minimum atomic E-state index is -0.593. The Bertz CT molecular complexity index is 1160. The molecule has 29 heavy (non-hydrogen) atoms. The van der Waals surface area contributed by atoms with Gasteiger partial charge in [0.1, 0.15) is 10.6 Å². The van der Waals surface area contributed by atoms with E-state index in [-0.39, 0.29) is 27.9 Å². The van der Waals surface area contributed by atoms with E-state index in [1.54, 1.807) is 15.9 Å². The zero-order valence-electron chi connectivity index (χ0n) is 15.8. The quantitative estimate of drug-likeness (QED) is 0.443. The largest absolute Gasteiger partial charge is 0.323 e. The molecule has 0 spiro atoms. The lowest BCUT2D eigenvalue weighted by molar-refractivity contribution is -0.113. The minimum absolute atomic E-state index is 0.0190. The number of benzene rings is 1. The molecule has 0 fully saturated rings. The van der Waals surface area contributed by atoms with Gasteiger partial charge < -0.3 is 5.32 Å². The average molecular weight is 452 g/mol. The molecule has 0 bridgehead atoms. The van der Waals surface area contributed by atoms with Gasteiger partial charge in [-0.05, 0) is 56.4 Å². The van der Waals surface area contributed by atoms with Gasteiger partial charge in [0, 0.05) is 16.4 Å². The van der Waals surface area contributed by atoms with E-state index in [4.69, 9.17) is 16.6 Å². The van der Waals surface area contributed by atoms with Crippen LogP contribution in [0.5, 0.6) is 0 Å². The standard InChI is InChI=1S/C20H19ClFN3O2S2/c1-2-25-19(27)17-12-5-3-4-6-15(12)29-18(17)24-20(25)28-10-16(26)23-14-8-7-11(21)9-13(14)22/h7-9H,2-6,10H2,1H3,(H,23,26). The Morgan fingerprint density at radius 1 is 1.38 bits per heavy atom. The third-order valence-corrected chi connectivity index (χ3v) is 7.29. The summed E-state index contributed by atoms with van der Waals surface area (Å²) in [5, 5.41) is 4.04. The molecule has 1 aliphatic carbocycles. The Morgan fingerprint density at radius 3 is 2.93 bits per heavy atom. The minimum Gasteiger partial charge on any atom is -0.323 e. The Kier molecular flexibility index (Phi) is 5.94. The fraction of sp³-hybridized carbons (Fsp3) is 0.350. The molecule has 0 unspecified atom stereocenters. The third kappa shape index (κ3) is 4.06. The molecule has 3 aromatic rings. The number of rotatable bonds is 5. The second kappa shape index (κ2) is 8.45. The molecular weight excluding hydrogens is 433 g/mol. The van der Waals surface area contributed by atoms with E-state index < -0.39 is 5.82 Å². The number of fused-ring (bicyclic) bond motifs is 3. The van der Waals surface area contributed by atoms with Crippen molar-refractivity contribution in [1.29, 1.82) is 0 Å². The molecule has 0 saturated heterocycles. The van der Waals surface area contributed by atoms with E-state index in [1.165, 1.54) is 28.8 Å². The van der Waals surface area contributed by atoms with Crippen LogP contribution in [0.1, 0.15) is 30.2 Å². The summed E-state index contributed by atoms with van der Waals surface area (Å²) in [6.45, 7) is 2.36. The molecule has 2 aromatic heterocycles. The van der Waals surface area contributed by atoms with Crippen LogP contribution in [0.15, 0.2) is 28.2 Å². The van der Waals surface area contributed by atoms with Crippen LogP contribution in [0.25, 0.3) is 10.2 Å². The van der Waals surface area contributed by atoms with Gasteiger partial charge in [-0.3, -0.25) is 14.2 Å². The van der Waals surface area contributed by atoms with Crippen molar-refractivity contribution in [3.8, 4) is 0 Å². The van der Waals surface area contributed by atoms with Crippen LogP contribution in [-0.4, -0.2) is 21.2 Å². The highest BCUT2D eigenvalue weighted by Gasteiger charge is 2.22. The lowest BCUT2D eigenvalue weighted by Crippen LogP contribution is -2.24. The highest BCUT2D eigenvalue weighted by atomic mass is 35.5. The molecule has 1 aromatic carbocycles. The van der Waals surface area contributed by atoms with Gasteiger partial charge in [-0.15, -0.1) is 11.3 Å². The molecular formula is C20H19ClFN3O2S2. The topological polar surface area (TPSA) is 64.0 Å². The van der Waals surface area contributed by atoms with Crippen molar-refractivity contribution in [2.24, 2.45) is 0 Å². The van der Waals surface area contributed by atoms with E-state index in [2.05, 4.69) is 5.32 Å². The fourth-order valence-electron chi connectivity index (χ4n) is 3.52. The Labute approximate surface area is 180 Å². The van der Waals surface area contributed by atoms with Crippen molar-refractivity contribution in [3.63, 3.8) is 0 Å². The van der Waals surface area contributed by atoms with E-state index in [1.807, 2.05) is 6.92 Å². The number of aromatic nitrogens is 2. The van der Waals surface area contributed by atoms with Crippen molar-refractivity contribution in [3.05, 3.63) is 49.8 Å². The molecule has 9 heteroatoms. The van der Waals surface area contributed by atoms with Gasteiger partial charge in [0.15, 0.2) is 5.16 Å². The normalized spacial score (nSPS) is 13.5. The van der Waals surface area contributed by atoms with Gasteiger partial charge in [-0.1, -0.05) is 23.4 Å². The highest BCUT2D eigenvalue weighted by molar-refractivity contribution is 7.99. The van der Waals surface area contributed by atoms with Crippen LogP contribution in [0, 0.1) is 5.82 Å². The number of amides is 1. The molecule has 0 aliphatic heterocycles.